The van der Waals surface area contributed by atoms with Crippen LogP contribution in [0.3, 0.4) is 0 Å². The number of ether oxygens (including phenoxy) is 4. The summed E-state index contributed by atoms with van der Waals surface area (Å²) in [4.78, 5) is 37.5. The van der Waals surface area contributed by atoms with Crippen LogP contribution in [0.2, 0.25) is 0 Å². The van der Waals surface area contributed by atoms with Crippen LogP contribution in [0.4, 0.5) is 10.7 Å². The minimum Gasteiger partial charge on any atom is -0.474 e. The first-order chi connectivity index (χ1) is 18.2. The number of pyridine rings is 1. The molecule has 1 amide bonds. The van der Waals surface area contributed by atoms with Crippen LogP contribution in [0.1, 0.15) is 56.8 Å². The van der Waals surface area contributed by atoms with Crippen molar-refractivity contribution in [3.63, 3.8) is 0 Å². The van der Waals surface area contributed by atoms with Gasteiger partial charge in [0.2, 0.25) is 11.8 Å². The van der Waals surface area contributed by atoms with Crippen molar-refractivity contribution in [2.24, 2.45) is 0 Å². The zero-order chi connectivity index (χ0) is 27.1. The Bertz CT molecular complexity index is 1290. The maximum Gasteiger partial charge on any atom is 0.407 e. The Morgan fingerprint density at radius 2 is 1.87 bits per heavy atom. The van der Waals surface area contributed by atoms with E-state index >= 15 is 0 Å². The molecular weight excluding hydrogens is 490 g/mol. The summed E-state index contributed by atoms with van der Waals surface area (Å²) < 4.78 is 21.7. The third-order valence-electron chi connectivity index (χ3n) is 5.68. The third kappa shape index (κ3) is 7.64. The van der Waals surface area contributed by atoms with Crippen LogP contribution in [0.15, 0.2) is 24.4 Å². The van der Waals surface area contributed by atoms with Gasteiger partial charge in [-0.3, -0.25) is 0 Å². The molecule has 0 radical (unpaired) electrons. The molecule has 2 N–H and O–H groups in total. The van der Waals surface area contributed by atoms with Gasteiger partial charge in [0, 0.05) is 36.2 Å². The van der Waals surface area contributed by atoms with Crippen molar-refractivity contribution < 1.29 is 28.5 Å². The molecule has 2 heterocycles. The predicted molar refractivity (Wildman–Crippen MR) is 143 cm³/mol. The van der Waals surface area contributed by atoms with E-state index in [2.05, 4.69) is 25.6 Å². The second-order valence-electron chi connectivity index (χ2n) is 10.1. The smallest absolute Gasteiger partial charge is 0.407 e. The van der Waals surface area contributed by atoms with E-state index in [1.165, 1.54) is 7.11 Å². The van der Waals surface area contributed by atoms with Gasteiger partial charge in [-0.2, -0.15) is 0 Å². The highest BCUT2D eigenvalue weighted by Gasteiger charge is 2.23. The minimum absolute atomic E-state index is 0.274. The van der Waals surface area contributed by atoms with Crippen molar-refractivity contribution >= 4 is 39.8 Å². The monoisotopic (exact) mass is 525 g/mol. The molecule has 0 aliphatic heterocycles. The van der Waals surface area contributed by atoms with Gasteiger partial charge >= 0.3 is 12.1 Å². The summed E-state index contributed by atoms with van der Waals surface area (Å²) in [5, 5.41) is 7.63. The topological polar surface area (TPSA) is 134 Å². The van der Waals surface area contributed by atoms with E-state index in [1.807, 2.05) is 26.8 Å². The number of hydrogen-bond donors (Lipinski definition) is 2. The molecule has 0 spiro atoms. The number of carbonyl (C=O) groups excluding carboxylic acids is 2. The highest BCUT2D eigenvalue weighted by atomic mass is 16.6. The summed E-state index contributed by atoms with van der Waals surface area (Å²) in [5.74, 6) is 0.445. The average molecular weight is 526 g/mol. The van der Waals surface area contributed by atoms with Gasteiger partial charge in [0.15, 0.2) is 0 Å². The molecule has 3 aromatic rings. The van der Waals surface area contributed by atoms with Crippen molar-refractivity contribution in [1.82, 2.24) is 20.3 Å². The summed E-state index contributed by atoms with van der Waals surface area (Å²) >= 11 is 0. The first-order valence-electron chi connectivity index (χ1n) is 12.9. The number of amides is 1. The molecule has 1 aliphatic carbocycles. The van der Waals surface area contributed by atoms with Crippen molar-refractivity contribution in [2.75, 3.05) is 38.8 Å². The molecule has 11 heteroatoms. The number of benzene rings is 1. The van der Waals surface area contributed by atoms with Crippen molar-refractivity contribution in [2.45, 2.75) is 58.1 Å². The molecular formula is C27H35N5O6. The zero-order valence-electron chi connectivity index (χ0n) is 22.3. The summed E-state index contributed by atoms with van der Waals surface area (Å²) in [6.45, 7) is 7.18. The van der Waals surface area contributed by atoms with E-state index < -0.39 is 17.7 Å². The fraction of sp³-hybridized carbons (Fsp3) is 0.519. The number of fused-ring (bicyclic) bond motifs is 3. The fourth-order valence-electron chi connectivity index (χ4n) is 3.71. The van der Waals surface area contributed by atoms with Crippen molar-refractivity contribution in [1.29, 1.82) is 0 Å². The lowest BCUT2D eigenvalue weighted by Gasteiger charge is -2.19. The standard InChI is InChI=1S/C27H35N5O6/c1-27(2,3)38-26(34)28-11-5-6-12-36-13-14-37-23-22-20(16-29-25(32-22)30-18-8-9-18)19-10-7-17(24(33)35-4)15-21(19)31-23/h7,10,15-16,18H,5-6,8-9,11-14H2,1-4H3,(H,28,34)(H,29,30,32). The van der Waals surface area contributed by atoms with Crippen molar-refractivity contribution in [3.8, 4) is 5.88 Å². The van der Waals surface area contributed by atoms with Gasteiger partial charge in [-0.05, 0) is 58.6 Å². The fourth-order valence-corrected chi connectivity index (χ4v) is 3.71. The number of hydrogen-bond acceptors (Lipinski definition) is 10. The number of aromatic nitrogens is 3. The zero-order valence-corrected chi connectivity index (χ0v) is 22.3. The third-order valence-corrected chi connectivity index (χ3v) is 5.68. The number of anilines is 1. The molecule has 1 aliphatic rings. The molecule has 0 bridgehead atoms. The summed E-state index contributed by atoms with van der Waals surface area (Å²) in [5.41, 5.74) is 1.06. The molecule has 1 fully saturated rings. The normalized spacial score (nSPS) is 13.4. The molecule has 4 rings (SSSR count). The first kappa shape index (κ1) is 27.3. The van der Waals surface area contributed by atoms with Gasteiger partial charge < -0.3 is 29.6 Å². The van der Waals surface area contributed by atoms with Gasteiger partial charge in [0.05, 0.1) is 24.8 Å². The van der Waals surface area contributed by atoms with E-state index in [0.717, 1.165) is 36.5 Å². The molecule has 38 heavy (non-hydrogen) atoms. The Kier molecular flexibility index (Phi) is 8.77. The van der Waals surface area contributed by atoms with E-state index in [4.69, 9.17) is 18.9 Å². The lowest BCUT2D eigenvalue weighted by atomic mass is 10.1. The Morgan fingerprint density at radius 3 is 2.61 bits per heavy atom. The van der Waals surface area contributed by atoms with Crippen LogP contribution in [0.5, 0.6) is 5.88 Å². The SMILES string of the molecule is COC(=O)c1ccc2c(c1)nc(OCCOCCCCNC(=O)OC(C)(C)C)c1nc(NC3CC3)ncc12. The number of nitrogens with one attached hydrogen (secondary N) is 2. The largest absolute Gasteiger partial charge is 0.474 e. The van der Waals surface area contributed by atoms with Gasteiger partial charge in [0.1, 0.15) is 17.7 Å². The van der Waals surface area contributed by atoms with Gasteiger partial charge in [0.25, 0.3) is 0 Å². The number of rotatable bonds is 12. The van der Waals surface area contributed by atoms with Gasteiger partial charge in [-0.25, -0.2) is 24.5 Å². The van der Waals surface area contributed by atoms with Crippen LogP contribution in [0.25, 0.3) is 21.8 Å². The average Bonchev–Trinajstić information content (AvgIpc) is 3.69. The van der Waals surface area contributed by atoms with E-state index in [-0.39, 0.29) is 6.61 Å². The predicted octanol–water partition coefficient (Wildman–Crippen LogP) is 4.24. The van der Waals surface area contributed by atoms with Gasteiger partial charge in [-0.1, -0.05) is 6.07 Å². The second kappa shape index (κ2) is 12.2. The Balaban J connectivity index is 1.34. The number of nitrogens with zero attached hydrogens (tertiary/aromatic N) is 3. The number of alkyl carbamates (subject to hydrolysis) is 1. The lowest BCUT2D eigenvalue weighted by molar-refractivity contribution is 0.0522. The highest BCUT2D eigenvalue weighted by Crippen LogP contribution is 2.31. The molecule has 2 aromatic heterocycles. The Hall–Kier alpha value is -3.73. The highest BCUT2D eigenvalue weighted by molar-refractivity contribution is 6.07. The summed E-state index contributed by atoms with van der Waals surface area (Å²) in [6.07, 6.45) is 5.10. The van der Waals surface area contributed by atoms with Crippen LogP contribution in [-0.2, 0) is 14.2 Å². The molecule has 0 saturated heterocycles. The lowest BCUT2D eigenvalue weighted by Crippen LogP contribution is -2.33. The van der Waals surface area contributed by atoms with Crippen LogP contribution in [0, 0.1) is 0 Å². The number of unbranched alkanes of at least 4 members (excludes halogenated alkanes) is 1. The summed E-state index contributed by atoms with van der Waals surface area (Å²) in [6, 6.07) is 5.59. The molecule has 1 aromatic carbocycles. The van der Waals surface area contributed by atoms with Crippen LogP contribution >= 0.6 is 0 Å². The van der Waals surface area contributed by atoms with E-state index in [9.17, 15) is 9.59 Å². The van der Waals surface area contributed by atoms with E-state index in [0.29, 0.717) is 54.2 Å². The van der Waals surface area contributed by atoms with Crippen LogP contribution in [-0.4, -0.2) is 72.1 Å². The number of methoxy groups -OCH3 is 1. The molecule has 11 nitrogen and oxygen atoms in total. The maximum absolute atomic E-state index is 12.0. The number of carbonyl (C=O) groups is 2. The second-order valence-corrected chi connectivity index (χ2v) is 10.1. The molecule has 204 valence electrons. The first-order valence-corrected chi connectivity index (χ1v) is 12.9. The minimum atomic E-state index is -0.511. The molecule has 1 saturated carbocycles. The van der Waals surface area contributed by atoms with Crippen LogP contribution < -0.4 is 15.4 Å². The van der Waals surface area contributed by atoms with E-state index in [1.54, 1.807) is 18.3 Å². The van der Waals surface area contributed by atoms with Crippen molar-refractivity contribution in [3.05, 3.63) is 30.0 Å². The Labute approximate surface area is 221 Å². The molecule has 0 unspecified atom stereocenters. The van der Waals surface area contributed by atoms with Gasteiger partial charge in [-0.15, -0.1) is 0 Å². The maximum atomic E-state index is 12.0. The molecule has 0 atom stereocenters. The summed E-state index contributed by atoms with van der Waals surface area (Å²) in [7, 11) is 1.34. The Morgan fingerprint density at radius 1 is 1.05 bits per heavy atom. The number of esters is 1. The quantitative estimate of drug-likeness (QED) is 0.201.